The van der Waals surface area contributed by atoms with Crippen LogP contribution in [0.15, 0.2) is 24.3 Å². The molecule has 24 heavy (non-hydrogen) atoms. The van der Waals surface area contributed by atoms with Gasteiger partial charge in [0.25, 0.3) is 0 Å². The summed E-state index contributed by atoms with van der Waals surface area (Å²) in [4.78, 5) is 22.5. The summed E-state index contributed by atoms with van der Waals surface area (Å²) in [6, 6.07) is 8.09. The van der Waals surface area contributed by atoms with Gasteiger partial charge in [-0.3, -0.25) is 0 Å². The van der Waals surface area contributed by atoms with Gasteiger partial charge in [0.15, 0.2) is 0 Å². The van der Waals surface area contributed by atoms with Crippen molar-refractivity contribution in [2.45, 2.75) is 37.7 Å². The maximum Gasteiger partial charge on any atom is 0.317 e. The van der Waals surface area contributed by atoms with Crippen molar-refractivity contribution < 1.29 is 9.53 Å². The number of carbonyl (C=O) groups excluding carboxylic acids is 1. The van der Waals surface area contributed by atoms with E-state index in [1.165, 1.54) is 0 Å². The maximum atomic E-state index is 12.4. The van der Waals surface area contributed by atoms with Gasteiger partial charge in [0, 0.05) is 32.2 Å². The Hall–Kier alpha value is -2.08. The lowest BCUT2D eigenvalue weighted by Gasteiger charge is -2.32. The third kappa shape index (κ3) is 3.24. The van der Waals surface area contributed by atoms with Crippen molar-refractivity contribution >= 4 is 17.1 Å². The zero-order valence-electron chi connectivity index (χ0n) is 13.8. The van der Waals surface area contributed by atoms with Crippen LogP contribution in [-0.4, -0.2) is 53.2 Å². The number of rotatable bonds is 3. The monoisotopic (exact) mass is 328 g/mol. The van der Waals surface area contributed by atoms with E-state index < -0.39 is 0 Å². The number of likely N-dealkylation sites (tertiary alicyclic amines) is 1. The first-order valence-corrected chi connectivity index (χ1v) is 8.88. The Balaban J connectivity index is 1.38. The summed E-state index contributed by atoms with van der Waals surface area (Å²) in [5, 5.41) is 3.02. The fourth-order valence-electron chi connectivity index (χ4n) is 3.67. The molecule has 2 atom stereocenters. The fraction of sp³-hybridized carbons (Fsp3) is 0.556. The van der Waals surface area contributed by atoms with Gasteiger partial charge >= 0.3 is 6.03 Å². The summed E-state index contributed by atoms with van der Waals surface area (Å²) in [5.41, 5.74) is 2.06. The SMILES string of the molecule is O=C(NC[C@H]1CCCO1)N1CCC[C@@H](c2nc3ccccc3[nH]2)C1. The molecule has 0 aliphatic carbocycles. The molecule has 0 unspecified atom stereocenters. The van der Waals surface area contributed by atoms with Crippen LogP contribution in [0.25, 0.3) is 11.0 Å². The molecule has 1 aromatic carbocycles. The summed E-state index contributed by atoms with van der Waals surface area (Å²) in [6.45, 7) is 2.97. The number of fused-ring (bicyclic) bond motifs is 1. The number of imidazole rings is 1. The molecule has 2 aromatic rings. The van der Waals surface area contributed by atoms with Crippen LogP contribution in [0, 0.1) is 0 Å². The van der Waals surface area contributed by atoms with E-state index >= 15 is 0 Å². The lowest BCUT2D eigenvalue weighted by Crippen LogP contribution is -2.46. The van der Waals surface area contributed by atoms with Crippen molar-refractivity contribution in [3.63, 3.8) is 0 Å². The molecule has 3 heterocycles. The van der Waals surface area contributed by atoms with Crippen molar-refractivity contribution in [1.82, 2.24) is 20.2 Å². The second kappa shape index (κ2) is 6.81. The summed E-state index contributed by atoms with van der Waals surface area (Å²) < 4.78 is 5.57. The molecular formula is C18H24N4O2. The Morgan fingerprint density at radius 1 is 1.33 bits per heavy atom. The first kappa shape index (κ1) is 15.4. The summed E-state index contributed by atoms with van der Waals surface area (Å²) in [7, 11) is 0. The number of nitrogens with zero attached hydrogens (tertiary/aromatic N) is 2. The molecule has 6 nitrogen and oxygen atoms in total. The van der Waals surface area contributed by atoms with Crippen molar-refractivity contribution in [1.29, 1.82) is 0 Å². The molecule has 2 N–H and O–H groups in total. The maximum absolute atomic E-state index is 12.4. The summed E-state index contributed by atoms with van der Waals surface area (Å²) in [5.74, 6) is 1.27. The number of amides is 2. The quantitative estimate of drug-likeness (QED) is 0.910. The predicted octanol–water partition coefficient (Wildman–Crippen LogP) is 2.63. The average molecular weight is 328 g/mol. The molecule has 6 heteroatoms. The molecule has 0 radical (unpaired) electrons. The minimum Gasteiger partial charge on any atom is -0.376 e. The van der Waals surface area contributed by atoms with Crippen molar-refractivity contribution in [2.24, 2.45) is 0 Å². The molecule has 1 aromatic heterocycles. The number of urea groups is 1. The van der Waals surface area contributed by atoms with Gasteiger partial charge in [-0.05, 0) is 37.8 Å². The van der Waals surface area contributed by atoms with Gasteiger partial charge in [-0.25, -0.2) is 9.78 Å². The topological polar surface area (TPSA) is 70.2 Å². The molecule has 2 aliphatic heterocycles. The Labute approximate surface area is 141 Å². The average Bonchev–Trinajstić information content (AvgIpc) is 3.29. The number of piperidine rings is 1. The second-order valence-corrected chi connectivity index (χ2v) is 6.75. The van der Waals surface area contributed by atoms with Gasteiger partial charge in [0.05, 0.1) is 17.1 Å². The number of benzene rings is 1. The minimum atomic E-state index is 0.0197. The molecule has 2 saturated heterocycles. The van der Waals surface area contributed by atoms with E-state index in [0.29, 0.717) is 6.54 Å². The van der Waals surface area contributed by atoms with Crippen LogP contribution in [0.3, 0.4) is 0 Å². The Morgan fingerprint density at radius 2 is 2.25 bits per heavy atom. The highest BCUT2D eigenvalue weighted by molar-refractivity contribution is 5.75. The lowest BCUT2D eigenvalue weighted by molar-refractivity contribution is 0.107. The smallest absolute Gasteiger partial charge is 0.317 e. The molecule has 0 spiro atoms. The van der Waals surface area contributed by atoms with E-state index in [2.05, 4.69) is 10.3 Å². The number of aromatic amines is 1. The number of nitrogens with one attached hydrogen (secondary N) is 2. The minimum absolute atomic E-state index is 0.0197. The van der Waals surface area contributed by atoms with Crippen LogP contribution in [0.5, 0.6) is 0 Å². The highest BCUT2D eigenvalue weighted by Crippen LogP contribution is 2.26. The van der Waals surface area contributed by atoms with E-state index in [1.54, 1.807) is 0 Å². The standard InChI is InChI=1S/C18H24N4O2/c23-18(19-11-14-6-4-10-24-14)22-9-3-5-13(12-22)17-20-15-7-1-2-8-16(15)21-17/h1-2,7-8,13-14H,3-6,9-12H2,(H,19,23)(H,20,21)/t13-,14-/m1/s1. The molecule has 0 saturated carbocycles. The Morgan fingerprint density at radius 3 is 3.08 bits per heavy atom. The normalized spacial score (nSPS) is 24.4. The molecule has 2 fully saturated rings. The van der Waals surface area contributed by atoms with Crippen molar-refractivity contribution in [3.05, 3.63) is 30.1 Å². The number of ether oxygens (including phenoxy) is 1. The molecular weight excluding hydrogens is 304 g/mol. The lowest BCUT2D eigenvalue weighted by atomic mass is 9.97. The summed E-state index contributed by atoms with van der Waals surface area (Å²) >= 11 is 0. The van der Waals surface area contributed by atoms with Crippen molar-refractivity contribution in [2.75, 3.05) is 26.2 Å². The van der Waals surface area contributed by atoms with E-state index in [0.717, 1.165) is 62.2 Å². The van der Waals surface area contributed by atoms with Gasteiger partial charge in [-0.1, -0.05) is 12.1 Å². The first-order chi connectivity index (χ1) is 11.8. The molecule has 128 valence electrons. The van der Waals surface area contributed by atoms with Crippen LogP contribution >= 0.6 is 0 Å². The van der Waals surface area contributed by atoms with Gasteiger partial charge in [-0.15, -0.1) is 0 Å². The zero-order valence-corrected chi connectivity index (χ0v) is 13.8. The summed E-state index contributed by atoms with van der Waals surface area (Å²) in [6.07, 6.45) is 4.40. The van der Waals surface area contributed by atoms with Crippen LogP contribution < -0.4 is 5.32 Å². The zero-order chi connectivity index (χ0) is 16.4. The molecule has 4 rings (SSSR count). The highest BCUT2D eigenvalue weighted by Gasteiger charge is 2.27. The fourth-order valence-corrected chi connectivity index (χ4v) is 3.67. The molecule has 0 bridgehead atoms. The van der Waals surface area contributed by atoms with E-state index in [4.69, 9.17) is 9.72 Å². The second-order valence-electron chi connectivity index (χ2n) is 6.75. The number of aromatic nitrogens is 2. The van der Waals surface area contributed by atoms with Gasteiger partial charge in [-0.2, -0.15) is 0 Å². The number of hydrogen-bond donors (Lipinski definition) is 2. The van der Waals surface area contributed by atoms with E-state index in [-0.39, 0.29) is 18.1 Å². The van der Waals surface area contributed by atoms with E-state index in [9.17, 15) is 4.79 Å². The largest absolute Gasteiger partial charge is 0.376 e. The molecule has 2 amide bonds. The van der Waals surface area contributed by atoms with Crippen LogP contribution in [0.1, 0.15) is 37.4 Å². The number of H-pyrrole nitrogens is 1. The number of para-hydroxylation sites is 2. The Bertz CT molecular complexity index is 675. The van der Waals surface area contributed by atoms with Crippen molar-refractivity contribution in [3.8, 4) is 0 Å². The number of hydrogen-bond acceptors (Lipinski definition) is 3. The third-order valence-corrected chi connectivity index (χ3v) is 5.01. The van der Waals surface area contributed by atoms with Gasteiger partial charge in [0.1, 0.15) is 5.82 Å². The van der Waals surface area contributed by atoms with Crippen LogP contribution in [0.4, 0.5) is 4.79 Å². The van der Waals surface area contributed by atoms with E-state index in [1.807, 2.05) is 29.2 Å². The predicted molar refractivity (Wildman–Crippen MR) is 92.0 cm³/mol. The first-order valence-electron chi connectivity index (χ1n) is 8.88. The molecule has 2 aliphatic rings. The number of carbonyl (C=O) groups is 1. The van der Waals surface area contributed by atoms with Crippen LogP contribution in [-0.2, 0) is 4.74 Å². The van der Waals surface area contributed by atoms with Gasteiger partial charge < -0.3 is 19.9 Å². The van der Waals surface area contributed by atoms with Crippen LogP contribution in [0.2, 0.25) is 0 Å². The Kier molecular flexibility index (Phi) is 4.38. The highest BCUT2D eigenvalue weighted by atomic mass is 16.5. The van der Waals surface area contributed by atoms with Gasteiger partial charge in [0.2, 0.25) is 0 Å². The third-order valence-electron chi connectivity index (χ3n) is 5.01.